The standard InChI is InChI=1S/C11H19N3O/c15-10-6-11(3-4-11)13-14(10)8-9-2-1-5-12-7-9/h9,12-13H,1-8H2. The molecular weight excluding hydrogens is 190 g/mol. The molecule has 84 valence electrons. The fraction of sp³-hybridized carbons (Fsp3) is 0.909. The molecule has 2 heterocycles. The fourth-order valence-corrected chi connectivity index (χ4v) is 2.70. The summed E-state index contributed by atoms with van der Waals surface area (Å²) in [5, 5.41) is 5.27. The highest BCUT2D eigenvalue weighted by Gasteiger charge is 2.51. The second-order valence-electron chi connectivity index (χ2n) is 5.29. The zero-order chi connectivity index (χ0) is 10.3. The lowest BCUT2D eigenvalue weighted by Crippen LogP contribution is -2.44. The van der Waals surface area contributed by atoms with Crippen molar-refractivity contribution in [3.63, 3.8) is 0 Å². The zero-order valence-electron chi connectivity index (χ0n) is 9.09. The fourth-order valence-electron chi connectivity index (χ4n) is 2.70. The van der Waals surface area contributed by atoms with Gasteiger partial charge in [-0.15, -0.1) is 0 Å². The van der Waals surface area contributed by atoms with Crippen molar-refractivity contribution in [1.82, 2.24) is 15.8 Å². The van der Waals surface area contributed by atoms with Gasteiger partial charge in [0.1, 0.15) is 0 Å². The predicted molar refractivity (Wildman–Crippen MR) is 57.0 cm³/mol. The first-order valence-corrected chi connectivity index (χ1v) is 6.06. The Morgan fingerprint density at radius 2 is 2.33 bits per heavy atom. The summed E-state index contributed by atoms with van der Waals surface area (Å²) in [5.74, 6) is 0.946. The van der Waals surface area contributed by atoms with Crippen molar-refractivity contribution in [1.29, 1.82) is 0 Å². The second-order valence-corrected chi connectivity index (χ2v) is 5.29. The topological polar surface area (TPSA) is 44.4 Å². The molecule has 3 fully saturated rings. The summed E-state index contributed by atoms with van der Waals surface area (Å²) in [6.45, 7) is 3.11. The van der Waals surface area contributed by atoms with E-state index in [9.17, 15) is 4.79 Å². The van der Waals surface area contributed by atoms with Crippen LogP contribution in [0.4, 0.5) is 0 Å². The van der Waals surface area contributed by atoms with Crippen LogP contribution >= 0.6 is 0 Å². The monoisotopic (exact) mass is 209 g/mol. The summed E-state index contributed by atoms with van der Waals surface area (Å²) in [6.07, 6.45) is 5.59. The third-order valence-corrected chi connectivity index (χ3v) is 3.86. The minimum absolute atomic E-state index is 0.194. The number of carbonyl (C=O) groups is 1. The van der Waals surface area contributed by atoms with Crippen molar-refractivity contribution < 1.29 is 4.79 Å². The summed E-state index contributed by atoms with van der Waals surface area (Å²) in [7, 11) is 0. The number of hydrazine groups is 1. The van der Waals surface area contributed by atoms with Gasteiger partial charge in [-0.25, -0.2) is 5.43 Å². The normalized spacial score (nSPS) is 33.7. The van der Waals surface area contributed by atoms with E-state index in [1.54, 1.807) is 0 Å². The molecule has 2 N–H and O–H groups in total. The third-order valence-electron chi connectivity index (χ3n) is 3.86. The van der Waals surface area contributed by atoms with Crippen LogP contribution in [0.5, 0.6) is 0 Å². The number of carbonyl (C=O) groups excluding carboxylic acids is 1. The highest BCUT2D eigenvalue weighted by molar-refractivity contribution is 5.80. The SMILES string of the molecule is O=C1CC2(CC2)NN1CC1CCCNC1. The number of hydrogen-bond acceptors (Lipinski definition) is 3. The van der Waals surface area contributed by atoms with Gasteiger partial charge in [0.2, 0.25) is 5.91 Å². The highest BCUT2D eigenvalue weighted by Crippen LogP contribution is 2.42. The van der Waals surface area contributed by atoms with Crippen molar-refractivity contribution in [2.75, 3.05) is 19.6 Å². The van der Waals surface area contributed by atoms with Crippen LogP contribution in [0.15, 0.2) is 0 Å². The molecule has 2 aliphatic heterocycles. The lowest BCUT2D eigenvalue weighted by Gasteiger charge is -2.27. The molecule has 0 aromatic heterocycles. The van der Waals surface area contributed by atoms with Gasteiger partial charge in [-0.3, -0.25) is 9.80 Å². The predicted octanol–water partition coefficient (Wildman–Crippen LogP) is 0.255. The summed E-state index contributed by atoms with van der Waals surface area (Å²) in [5.41, 5.74) is 3.59. The van der Waals surface area contributed by atoms with E-state index in [-0.39, 0.29) is 5.54 Å². The molecule has 0 aromatic carbocycles. The molecule has 1 amide bonds. The third kappa shape index (κ3) is 1.88. The Morgan fingerprint density at radius 1 is 1.47 bits per heavy atom. The van der Waals surface area contributed by atoms with Crippen molar-refractivity contribution in [3.8, 4) is 0 Å². The van der Waals surface area contributed by atoms with Gasteiger partial charge < -0.3 is 5.32 Å². The Kier molecular flexibility index (Phi) is 2.21. The Hall–Kier alpha value is -0.610. The first-order valence-electron chi connectivity index (χ1n) is 6.06. The van der Waals surface area contributed by atoms with E-state index in [0.29, 0.717) is 11.8 Å². The van der Waals surface area contributed by atoms with Crippen molar-refractivity contribution in [2.45, 2.75) is 37.6 Å². The molecule has 0 aromatic rings. The van der Waals surface area contributed by atoms with E-state index in [2.05, 4.69) is 10.7 Å². The Morgan fingerprint density at radius 3 is 2.93 bits per heavy atom. The van der Waals surface area contributed by atoms with Gasteiger partial charge in [0.05, 0.1) is 0 Å². The van der Waals surface area contributed by atoms with Crippen LogP contribution in [0.1, 0.15) is 32.1 Å². The van der Waals surface area contributed by atoms with Crippen LogP contribution in [0.2, 0.25) is 0 Å². The average Bonchev–Trinajstić information content (AvgIpc) is 2.91. The Labute approximate surface area is 90.4 Å². The molecule has 1 atom stereocenters. The molecule has 0 bridgehead atoms. The minimum Gasteiger partial charge on any atom is -0.316 e. The number of piperidine rings is 1. The first-order chi connectivity index (χ1) is 7.27. The molecule has 3 rings (SSSR count). The quantitative estimate of drug-likeness (QED) is 0.685. The maximum Gasteiger partial charge on any atom is 0.238 e. The Balaban J connectivity index is 1.56. The summed E-state index contributed by atoms with van der Waals surface area (Å²) < 4.78 is 0. The van der Waals surface area contributed by atoms with Crippen LogP contribution in [-0.2, 0) is 4.79 Å². The zero-order valence-corrected chi connectivity index (χ0v) is 9.09. The van der Waals surface area contributed by atoms with Crippen LogP contribution in [0.3, 0.4) is 0 Å². The number of rotatable bonds is 2. The lowest BCUT2D eigenvalue weighted by atomic mass is 9.99. The molecule has 4 nitrogen and oxygen atoms in total. The molecule has 1 spiro atoms. The van der Waals surface area contributed by atoms with Crippen LogP contribution in [0.25, 0.3) is 0 Å². The van der Waals surface area contributed by atoms with Crippen LogP contribution in [0, 0.1) is 5.92 Å². The van der Waals surface area contributed by atoms with Crippen LogP contribution in [-0.4, -0.2) is 36.1 Å². The van der Waals surface area contributed by atoms with E-state index in [0.717, 1.165) is 26.1 Å². The first kappa shape index (κ1) is 9.60. The molecule has 2 saturated heterocycles. The van der Waals surface area contributed by atoms with Crippen molar-refractivity contribution in [3.05, 3.63) is 0 Å². The Bertz CT molecular complexity index is 269. The number of nitrogens with one attached hydrogen (secondary N) is 2. The van der Waals surface area contributed by atoms with Crippen LogP contribution < -0.4 is 10.7 Å². The molecule has 15 heavy (non-hydrogen) atoms. The minimum atomic E-state index is 0.194. The molecule has 1 unspecified atom stereocenters. The molecule has 3 aliphatic rings. The van der Waals surface area contributed by atoms with Crippen molar-refractivity contribution >= 4 is 5.91 Å². The largest absolute Gasteiger partial charge is 0.316 e. The van der Waals surface area contributed by atoms with Gasteiger partial charge >= 0.3 is 0 Å². The molecule has 1 saturated carbocycles. The number of nitrogens with zero attached hydrogens (tertiary/aromatic N) is 1. The summed E-state index contributed by atoms with van der Waals surface area (Å²) in [6, 6.07) is 0. The van der Waals surface area contributed by atoms with E-state index in [1.807, 2.05) is 5.01 Å². The molecule has 4 heteroatoms. The second kappa shape index (κ2) is 3.46. The molecule has 1 aliphatic carbocycles. The number of amides is 1. The van der Waals surface area contributed by atoms with Gasteiger partial charge in [-0.05, 0) is 44.7 Å². The van der Waals surface area contributed by atoms with Gasteiger partial charge in [-0.1, -0.05) is 0 Å². The summed E-state index contributed by atoms with van der Waals surface area (Å²) in [4.78, 5) is 11.7. The molecular formula is C11H19N3O. The average molecular weight is 209 g/mol. The lowest BCUT2D eigenvalue weighted by molar-refractivity contribution is -0.130. The van der Waals surface area contributed by atoms with Crippen molar-refractivity contribution in [2.24, 2.45) is 5.92 Å². The number of hydrogen-bond donors (Lipinski definition) is 2. The maximum absolute atomic E-state index is 11.7. The maximum atomic E-state index is 11.7. The van der Waals surface area contributed by atoms with E-state index < -0.39 is 0 Å². The van der Waals surface area contributed by atoms with Gasteiger partial charge in [0.15, 0.2) is 0 Å². The van der Waals surface area contributed by atoms with E-state index in [4.69, 9.17) is 0 Å². The van der Waals surface area contributed by atoms with E-state index >= 15 is 0 Å². The van der Waals surface area contributed by atoms with Gasteiger partial charge in [-0.2, -0.15) is 0 Å². The highest BCUT2D eigenvalue weighted by atomic mass is 16.2. The van der Waals surface area contributed by atoms with E-state index in [1.165, 1.54) is 25.7 Å². The summed E-state index contributed by atoms with van der Waals surface area (Å²) >= 11 is 0. The van der Waals surface area contributed by atoms with Gasteiger partial charge in [0, 0.05) is 18.5 Å². The smallest absolute Gasteiger partial charge is 0.238 e. The van der Waals surface area contributed by atoms with Gasteiger partial charge in [0.25, 0.3) is 0 Å². The molecule has 0 radical (unpaired) electrons.